The third kappa shape index (κ3) is 2.91. The van der Waals surface area contributed by atoms with Crippen LogP contribution in [0.1, 0.15) is 34.8 Å². The van der Waals surface area contributed by atoms with E-state index >= 15 is 0 Å². The Morgan fingerprint density at radius 1 is 1.26 bits per heavy atom. The van der Waals surface area contributed by atoms with Crippen LogP contribution in [0.15, 0.2) is 48.5 Å². The second-order valence-corrected chi connectivity index (χ2v) is 5.50. The smallest absolute Gasteiger partial charge is 0.340 e. The fourth-order valence-corrected chi connectivity index (χ4v) is 3.00. The molecule has 23 heavy (non-hydrogen) atoms. The van der Waals surface area contributed by atoms with Crippen molar-refractivity contribution in [2.24, 2.45) is 0 Å². The molecule has 1 unspecified atom stereocenters. The van der Waals surface area contributed by atoms with Gasteiger partial charge in [0.25, 0.3) is 0 Å². The minimum absolute atomic E-state index is 0.333. The number of nitrogens with zero attached hydrogens (tertiary/aromatic N) is 2. The maximum absolute atomic E-state index is 12.3. The van der Waals surface area contributed by atoms with Crippen LogP contribution in [0, 0.1) is 11.3 Å². The minimum Gasteiger partial charge on any atom is -0.438 e. The predicted molar refractivity (Wildman–Crippen MR) is 88.1 cm³/mol. The molecule has 0 N–H and O–H groups in total. The average Bonchev–Trinajstić information content (AvgIpc) is 3.04. The zero-order chi connectivity index (χ0) is 16.2. The van der Waals surface area contributed by atoms with Gasteiger partial charge in [-0.3, -0.25) is 0 Å². The second kappa shape index (κ2) is 6.53. The van der Waals surface area contributed by atoms with Crippen LogP contribution in [0.5, 0.6) is 0 Å². The lowest BCUT2D eigenvalue weighted by Gasteiger charge is -2.29. The monoisotopic (exact) mass is 306 g/mol. The summed E-state index contributed by atoms with van der Waals surface area (Å²) in [4.78, 5) is 14.4. The first kappa shape index (κ1) is 15.1. The number of ether oxygens (including phenoxy) is 1. The van der Waals surface area contributed by atoms with Crippen molar-refractivity contribution in [3.8, 4) is 6.07 Å². The molecule has 0 saturated carbocycles. The molecule has 2 aromatic carbocycles. The van der Waals surface area contributed by atoms with Crippen molar-refractivity contribution in [1.29, 1.82) is 5.26 Å². The average molecular weight is 306 g/mol. The summed E-state index contributed by atoms with van der Waals surface area (Å²) in [7, 11) is 0. The van der Waals surface area contributed by atoms with Gasteiger partial charge in [-0.15, -0.1) is 0 Å². The molecule has 0 fully saturated rings. The number of hydrogen-bond donors (Lipinski definition) is 0. The second-order valence-electron chi connectivity index (χ2n) is 5.50. The van der Waals surface area contributed by atoms with Crippen LogP contribution in [-0.4, -0.2) is 18.7 Å². The first-order chi connectivity index (χ1) is 11.2. The van der Waals surface area contributed by atoms with E-state index in [1.165, 1.54) is 0 Å². The SMILES string of the molecule is CCC(OC(=O)c1ccccc1)N1CCc2cccc(C#N)c21. The molecule has 0 aromatic heterocycles. The third-order valence-electron chi connectivity index (χ3n) is 4.10. The lowest BCUT2D eigenvalue weighted by atomic mass is 10.1. The van der Waals surface area contributed by atoms with E-state index in [4.69, 9.17) is 4.74 Å². The van der Waals surface area contributed by atoms with Gasteiger partial charge in [0.1, 0.15) is 6.07 Å². The van der Waals surface area contributed by atoms with Gasteiger partial charge in [-0.05, 0) is 30.2 Å². The van der Waals surface area contributed by atoms with E-state index in [1.54, 1.807) is 12.1 Å². The molecule has 1 heterocycles. The fraction of sp³-hybridized carbons (Fsp3) is 0.263. The van der Waals surface area contributed by atoms with E-state index in [2.05, 4.69) is 6.07 Å². The molecule has 0 radical (unpaired) electrons. The summed E-state index contributed by atoms with van der Waals surface area (Å²) in [5.41, 5.74) is 3.22. The van der Waals surface area contributed by atoms with Gasteiger partial charge in [0, 0.05) is 13.0 Å². The highest BCUT2D eigenvalue weighted by molar-refractivity contribution is 5.89. The Kier molecular flexibility index (Phi) is 4.29. The van der Waals surface area contributed by atoms with Crippen LogP contribution < -0.4 is 4.90 Å². The number of anilines is 1. The van der Waals surface area contributed by atoms with Crippen molar-refractivity contribution < 1.29 is 9.53 Å². The molecule has 116 valence electrons. The van der Waals surface area contributed by atoms with Gasteiger partial charge in [0.05, 0.1) is 16.8 Å². The first-order valence-corrected chi connectivity index (χ1v) is 7.79. The van der Waals surface area contributed by atoms with Crippen LogP contribution in [0.4, 0.5) is 5.69 Å². The number of benzene rings is 2. The molecule has 4 nitrogen and oxygen atoms in total. The lowest BCUT2D eigenvalue weighted by molar-refractivity contribution is 0.0288. The number of carbonyl (C=O) groups excluding carboxylic acids is 1. The number of hydrogen-bond acceptors (Lipinski definition) is 4. The van der Waals surface area contributed by atoms with Gasteiger partial charge >= 0.3 is 5.97 Å². The molecule has 0 saturated heterocycles. The summed E-state index contributed by atoms with van der Waals surface area (Å²) in [6.45, 7) is 2.74. The van der Waals surface area contributed by atoms with Crippen LogP contribution in [-0.2, 0) is 11.2 Å². The Bertz CT molecular complexity index is 750. The molecular weight excluding hydrogens is 288 g/mol. The Balaban J connectivity index is 1.85. The van der Waals surface area contributed by atoms with Gasteiger partial charge in [-0.2, -0.15) is 5.26 Å². The largest absolute Gasteiger partial charge is 0.438 e. The molecule has 4 heteroatoms. The van der Waals surface area contributed by atoms with Crippen molar-refractivity contribution in [1.82, 2.24) is 0 Å². The zero-order valence-electron chi connectivity index (χ0n) is 13.0. The third-order valence-corrected chi connectivity index (χ3v) is 4.10. The Morgan fingerprint density at radius 2 is 2.04 bits per heavy atom. The van der Waals surface area contributed by atoms with Crippen molar-refractivity contribution in [3.05, 3.63) is 65.2 Å². The normalized spacial score (nSPS) is 14.0. The van der Waals surface area contributed by atoms with Gasteiger partial charge in [-0.25, -0.2) is 4.79 Å². The number of esters is 1. The Morgan fingerprint density at radius 3 is 2.74 bits per heavy atom. The molecule has 1 atom stereocenters. The number of fused-ring (bicyclic) bond motifs is 1. The van der Waals surface area contributed by atoms with E-state index in [-0.39, 0.29) is 12.2 Å². The van der Waals surface area contributed by atoms with E-state index in [9.17, 15) is 10.1 Å². The maximum Gasteiger partial charge on any atom is 0.340 e. The van der Waals surface area contributed by atoms with Crippen molar-refractivity contribution in [2.75, 3.05) is 11.4 Å². The predicted octanol–water partition coefficient (Wildman–Crippen LogP) is 3.51. The molecule has 0 aliphatic carbocycles. The summed E-state index contributed by atoms with van der Waals surface area (Å²) in [6.07, 6.45) is 1.17. The summed E-state index contributed by atoms with van der Waals surface area (Å²) in [5, 5.41) is 9.35. The fourth-order valence-electron chi connectivity index (χ4n) is 3.00. The van der Waals surface area contributed by atoms with Crippen molar-refractivity contribution in [2.45, 2.75) is 26.0 Å². The molecule has 0 bridgehead atoms. The van der Waals surface area contributed by atoms with Gasteiger partial charge in [0.2, 0.25) is 0 Å². The molecule has 3 rings (SSSR count). The van der Waals surface area contributed by atoms with Crippen LogP contribution in [0.25, 0.3) is 0 Å². The van der Waals surface area contributed by atoms with E-state index in [0.717, 1.165) is 24.2 Å². The van der Waals surface area contributed by atoms with Crippen LogP contribution in [0.3, 0.4) is 0 Å². The number of nitriles is 1. The summed E-state index contributed by atoms with van der Waals surface area (Å²) < 4.78 is 5.70. The number of rotatable bonds is 4. The number of carbonyl (C=O) groups is 1. The van der Waals surface area contributed by atoms with E-state index in [1.807, 2.05) is 48.2 Å². The topological polar surface area (TPSA) is 53.3 Å². The Hall–Kier alpha value is -2.80. The maximum atomic E-state index is 12.3. The highest BCUT2D eigenvalue weighted by Crippen LogP contribution is 2.34. The van der Waals surface area contributed by atoms with Gasteiger partial charge in [0.15, 0.2) is 6.23 Å². The van der Waals surface area contributed by atoms with Gasteiger partial charge < -0.3 is 9.64 Å². The van der Waals surface area contributed by atoms with E-state index in [0.29, 0.717) is 17.5 Å². The Labute approximate surface area is 135 Å². The van der Waals surface area contributed by atoms with Crippen molar-refractivity contribution in [3.63, 3.8) is 0 Å². The molecule has 1 aliphatic rings. The van der Waals surface area contributed by atoms with Gasteiger partial charge in [-0.1, -0.05) is 37.3 Å². The highest BCUT2D eigenvalue weighted by Gasteiger charge is 2.30. The summed E-state index contributed by atoms with van der Waals surface area (Å²) >= 11 is 0. The van der Waals surface area contributed by atoms with Crippen LogP contribution >= 0.6 is 0 Å². The minimum atomic E-state index is -0.363. The zero-order valence-corrected chi connectivity index (χ0v) is 13.0. The standard InChI is InChI=1S/C19H18N2O2/c1-2-17(23-19(22)15-7-4-3-5-8-15)21-12-11-14-9-6-10-16(13-20)18(14)21/h3-10,17H,2,11-12H2,1H3. The first-order valence-electron chi connectivity index (χ1n) is 7.79. The number of para-hydroxylation sites is 1. The van der Waals surface area contributed by atoms with Crippen molar-refractivity contribution >= 4 is 11.7 Å². The molecule has 1 aliphatic heterocycles. The summed E-state index contributed by atoms with van der Waals surface area (Å²) in [6, 6.07) is 17.0. The molecule has 0 spiro atoms. The summed E-state index contributed by atoms with van der Waals surface area (Å²) in [5.74, 6) is -0.333. The highest BCUT2D eigenvalue weighted by atomic mass is 16.6. The quantitative estimate of drug-likeness (QED) is 0.811. The lowest BCUT2D eigenvalue weighted by Crippen LogP contribution is -2.37. The van der Waals surface area contributed by atoms with Crippen LogP contribution in [0.2, 0.25) is 0 Å². The van der Waals surface area contributed by atoms with E-state index < -0.39 is 0 Å². The molecular formula is C19H18N2O2. The molecule has 0 amide bonds. The molecule has 2 aromatic rings.